The molecular formula is C17H35N3O2S. The molecule has 136 valence electrons. The molecule has 2 N–H and O–H groups in total. The van der Waals surface area contributed by atoms with Crippen molar-refractivity contribution in [3.63, 3.8) is 0 Å². The molecule has 0 aromatic rings. The lowest BCUT2D eigenvalue weighted by atomic mass is 9.81. The molecule has 5 nitrogen and oxygen atoms in total. The molecule has 0 radical (unpaired) electrons. The van der Waals surface area contributed by atoms with Gasteiger partial charge in [0.1, 0.15) is 0 Å². The summed E-state index contributed by atoms with van der Waals surface area (Å²) in [7, 11) is -3.12. The van der Waals surface area contributed by atoms with E-state index < -0.39 is 14.6 Å². The molecule has 1 aliphatic carbocycles. The second-order valence-corrected chi connectivity index (χ2v) is 10.2. The highest BCUT2D eigenvalue weighted by Gasteiger charge is 2.30. The number of hydrogen-bond donors (Lipinski definition) is 2. The molecule has 1 rings (SSSR count). The van der Waals surface area contributed by atoms with Crippen LogP contribution in [0, 0.1) is 11.8 Å². The normalized spacial score (nSPS) is 23.6. The quantitative estimate of drug-likeness (QED) is 0.549. The Balaban J connectivity index is 2.49. The van der Waals surface area contributed by atoms with Gasteiger partial charge in [0.2, 0.25) is 0 Å². The molecule has 0 saturated heterocycles. The molecule has 0 heterocycles. The zero-order chi connectivity index (χ0) is 17.5. The van der Waals surface area contributed by atoms with Crippen molar-refractivity contribution >= 4 is 15.8 Å². The second kappa shape index (κ2) is 8.90. The number of rotatable bonds is 7. The molecule has 2 unspecified atom stereocenters. The van der Waals surface area contributed by atoms with Crippen molar-refractivity contribution < 1.29 is 8.42 Å². The average Bonchev–Trinajstić information content (AvgIpc) is 2.43. The fraction of sp³-hybridized carbons (Fsp3) is 0.941. The van der Waals surface area contributed by atoms with Crippen LogP contribution in [-0.4, -0.2) is 45.0 Å². The largest absolute Gasteiger partial charge is 0.357 e. The number of sulfone groups is 1. The van der Waals surface area contributed by atoms with E-state index in [0.717, 1.165) is 31.3 Å². The van der Waals surface area contributed by atoms with Gasteiger partial charge in [-0.15, -0.1) is 0 Å². The van der Waals surface area contributed by atoms with Crippen LogP contribution < -0.4 is 10.6 Å². The van der Waals surface area contributed by atoms with E-state index >= 15 is 0 Å². The Morgan fingerprint density at radius 3 is 2.52 bits per heavy atom. The first-order valence-corrected chi connectivity index (χ1v) is 10.8. The van der Waals surface area contributed by atoms with Crippen LogP contribution in [-0.2, 0) is 9.84 Å². The van der Waals surface area contributed by atoms with Crippen LogP contribution >= 0.6 is 0 Å². The summed E-state index contributed by atoms with van der Waals surface area (Å²) in [5, 5.41) is 6.55. The zero-order valence-electron chi connectivity index (χ0n) is 15.5. The Morgan fingerprint density at radius 2 is 1.96 bits per heavy atom. The van der Waals surface area contributed by atoms with Crippen LogP contribution in [0.25, 0.3) is 0 Å². The number of nitrogens with one attached hydrogen (secondary N) is 2. The van der Waals surface area contributed by atoms with E-state index in [4.69, 9.17) is 0 Å². The van der Waals surface area contributed by atoms with E-state index in [0.29, 0.717) is 5.96 Å². The van der Waals surface area contributed by atoms with Gasteiger partial charge in [0.25, 0.3) is 0 Å². The third-order valence-corrected chi connectivity index (χ3v) is 6.99. The summed E-state index contributed by atoms with van der Waals surface area (Å²) in [6.07, 6.45) is 7.81. The topological polar surface area (TPSA) is 70.6 Å². The van der Waals surface area contributed by atoms with Crippen LogP contribution in [0.1, 0.15) is 59.8 Å². The summed E-state index contributed by atoms with van der Waals surface area (Å²) in [6.45, 7) is 9.73. The number of hydrogen-bond acceptors (Lipinski definition) is 3. The first-order valence-electron chi connectivity index (χ1n) is 8.87. The van der Waals surface area contributed by atoms with Gasteiger partial charge in [0.15, 0.2) is 15.8 Å². The summed E-state index contributed by atoms with van der Waals surface area (Å²) < 4.78 is 22.7. The zero-order valence-corrected chi connectivity index (χ0v) is 16.3. The van der Waals surface area contributed by atoms with Gasteiger partial charge in [-0.3, -0.25) is 4.99 Å². The Hall–Kier alpha value is -0.780. The van der Waals surface area contributed by atoms with E-state index in [1.54, 1.807) is 13.8 Å². The van der Waals surface area contributed by atoms with Gasteiger partial charge < -0.3 is 10.6 Å². The smallest absolute Gasteiger partial charge is 0.191 e. The monoisotopic (exact) mass is 345 g/mol. The third-order valence-electron chi connectivity index (χ3n) is 4.86. The molecule has 6 heteroatoms. The highest BCUT2D eigenvalue weighted by molar-refractivity contribution is 7.92. The molecule has 0 bridgehead atoms. The Labute approximate surface area is 142 Å². The summed E-state index contributed by atoms with van der Waals surface area (Å²) in [6, 6.07) is 0. The predicted molar refractivity (Wildman–Crippen MR) is 98.6 cm³/mol. The van der Waals surface area contributed by atoms with Crippen LogP contribution in [0.5, 0.6) is 0 Å². The molecule has 1 saturated carbocycles. The summed E-state index contributed by atoms with van der Waals surface area (Å²) in [5.74, 6) is 2.38. The van der Waals surface area contributed by atoms with Gasteiger partial charge in [0.05, 0.1) is 11.3 Å². The first-order chi connectivity index (χ1) is 10.7. The van der Waals surface area contributed by atoms with Crippen molar-refractivity contribution in [2.75, 3.05) is 25.9 Å². The Kier molecular flexibility index (Phi) is 7.84. The van der Waals surface area contributed by atoms with Crippen LogP contribution in [0.15, 0.2) is 4.99 Å². The first kappa shape index (κ1) is 20.3. The minimum Gasteiger partial charge on any atom is -0.357 e. The highest BCUT2D eigenvalue weighted by Crippen LogP contribution is 2.30. The van der Waals surface area contributed by atoms with Crippen molar-refractivity contribution in [3.05, 3.63) is 0 Å². The number of guanidine groups is 1. The van der Waals surface area contributed by atoms with Gasteiger partial charge in [0, 0.05) is 19.3 Å². The SMILES string of the molecule is CCNC(=NCC(C)(C)S(C)(=O)=O)NCCC1CCCC(C)C1. The molecule has 23 heavy (non-hydrogen) atoms. The predicted octanol–water partition coefficient (Wildman–Crippen LogP) is 2.58. The number of aliphatic imine (C=N–C) groups is 1. The average molecular weight is 346 g/mol. The van der Waals surface area contributed by atoms with Crippen molar-refractivity contribution in [2.45, 2.75) is 64.5 Å². The molecule has 2 atom stereocenters. The van der Waals surface area contributed by atoms with E-state index in [2.05, 4.69) is 22.5 Å². The molecule has 0 aromatic carbocycles. The maximum atomic E-state index is 11.8. The Bertz CT molecular complexity index is 486. The van der Waals surface area contributed by atoms with Gasteiger partial charge in [-0.1, -0.05) is 26.2 Å². The van der Waals surface area contributed by atoms with Crippen LogP contribution in [0.2, 0.25) is 0 Å². The third kappa shape index (κ3) is 7.10. The van der Waals surface area contributed by atoms with Crippen molar-refractivity contribution in [1.29, 1.82) is 0 Å². The van der Waals surface area contributed by atoms with Gasteiger partial charge in [-0.25, -0.2) is 8.42 Å². The summed E-state index contributed by atoms with van der Waals surface area (Å²) in [5.41, 5.74) is 0. The lowest BCUT2D eigenvalue weighted by molar-refractivity contribution is 0.270. The van der Waals surface area contributed by atoms with E-state index in [1.165, 1.54) is 31.9 Å². The number of nitrogens with zero attached hydrogens (tertiary/aromatic N) is 1. The molecule has 0 spiro atoms. The minimum atomic E-state index is -3.12. The fourth-order valence-corrected chi connectivity index (χ4v) is 3.24. The minimum absolute atomic E-state index is 0.266. The van der Waals surface area contributed by atoms with Gasteiger partial charge >= 0.3 is 0 Å². The molecule has 0 amide bonds. The summed E-state index contributed by atoms with van der Waals surface area (Å²) >= 11 is 0. The molecule has 0 aliphatic heterocycles. The maximum Gasteiger partial charge on any atom is 0.191 e. The Morgan fingerprint density at radius 1 is 1.26 bits per heavy atom. The van der Waals surface area contributed by atoms with E-state index in [9.17, 15) is 8.42 Å². The van der Waals surface area contributed by atoms with E-state index in [-0.39, 0.29) is 6.54 Å². The van der Waals surface area contributed by atoms with E-state index in [1.807, 2.05) is 6.92 Å². The maximum absolute atomic E-state index is 11.8. The van der Waals surface area contributed by atoms with Crippen molar-refractivity contribution in [1.82, 2.24) is 10.6 Å². The van der Waals surface area contributed by atoms with Crippen LogP contribution in [0.3, 0.4) is 0 Å². The standard InChI is InChI=1S/C17H35N3O2S/c1-6-18-16(20-13-17(3,4)23(5,21)22)19-11-10-15-9-7-8-14(2)12-15/h14-15H,6-13H2,1-5H3,(H2,18,19,20). The lowest BCUT2D eigenvalue weighted by Crippen LogP contribution is -2.41. The fourth-order valence-electron chi connectivity index (χ4n) is 2.95. The molecular weight excluding hydrogens is 310 g/mol. The van der Waals surface area contributed by atoms with Crippen molar-refractivity contribution in [2.24, 2.45) is 16.8 Å². The van der Waals surface area contributed by atoms with Crippen LogP contribution in [0.4, 0.5) is 0 Å². The molecule has 1 fully saturated rings. The molecule has 1 aliphatic rings. The molecule has 0 aromatic heterocycles. The van der Waals surface area contributed by atoms with Gasteiger partial charge in [-0.2, -0.15) is 0 Å². The summed E-state index contributed by atoms with van der Waals surface area (Å²) in [4.78, 5) is 4.46. The van der Waals surface area contributed by atoms with Crippen molar-refractivity contribution in [3.8, 4) is 0 Å². The lowest BCUT2D eigenvalue weighted by Gasteiger charge is -2.27. The van der Waals surface area contributed by atoms with Gasteiger partial charge in [-0.05, 0) is 45.4 Å². The second-order valence-electron chi connectivity index (χ2n) is 7.58. The highest BCUT2D eigenvalue weighted by atomic mass is 32.2.